The van der Waals surface area contributed by atoms with Crippen LogP contribution in [0.2, 0.25) is 5.02 Å². The fourth-order valence-corrected chi connectivity index (χ4v) is 2.63. The molecule has 0 bridgehead atoms. The van der Waals surface area contributed by atoms with Crippen LogP contribution >= 0.6 is 11.6 Å². The van der Waals surface area contributed by atoms with Crippen LogP contribution in [0, 0.1) is 0 Å². The Kier molecular flexibility index (Phi) is 4.86. The van der Waals surface area contributed by atoms with Gasteiger partial charge in [0, 0.05) is 35.8 Å². The Morgan fingerprint density at radius 1 is 1.08 bits per heavy atom. The van der Waals surface area contributed by atoms with Gasteiger partial charge in [0.1, 0.15) is 0 Å². The Morgan fingerprint density at radius 2 is 1.71 bits per heavy atom. The quantitative estimate of drug-likeness (QED) is 0.904. The number of halogens is 1. The lowest BCUT2D eigenvalue weighted by Crippen LogP contribution is -2.27. The maximum atomic E-state index is 12.5. The molecule has 0 aromatic heterocycles. The summed E-state index contributed by atoms with van der Waals surface area (Å²) >= 11 is 6.14. The molecule has 1 N–H and O–H groups in total. The van der Waals surface area contributed by atoms with E-state index in [0.29, 0.717) is 28.7 Å². The number of carbonyl (C=O) groups excluding carboxylic acids is 2. The molecule has 1 fully saturated rings. The first-order valence-corrected chi connectivity index (χ1v) is 8.32. The molecule has 2 aromatic carbocycles. The van der Waals surface area contributed by atoms with E-state index >= 15 is 0 Å². The maximum absolute atomic E-state index is 12.5. The molecular weight excluding hydrogens is 324 g/mol. The van der Waals surface area contributed by atoms with E-state index in [1.165, 1.54) is 0 Å². The second-order valence-corrected chi connectivity index (χ2v) is 6.48. The number of hydrogen-bond donors (Lipinski definition) is 1. The molecule has 0 heterocycles. The fraction of sp³-hybridized carbons (Fsp3) is 0.263. The number of carbonyl (C=O) groups is 2. The van der Waals surface area contributed by atoms with Gasteiger partial charge in [0.25, 0.3) is 11.8 Å². The summed E-state index contributed by atoms with van der Waals surface area (Å²) in [7, 11) is 1.74. The van der Waals surface area contributed by atoms with Crippen LogP contribution in [-0.4, -0.2) is 29.8 Å². The topological polar surface area (TPSA) is 49.4 Å². The molecule has 4 nitrogen and oxygen atoms in total. The van der Waals surface area contributed by atoms with Crippen LogP contribution in [0.3, 0.4) is 0 Å². The summed E-state index contributed by atoms with van der Waals surface area (Å²) in [6, 6.07) is 14.5. The SMILES string of the molecule is CN(Cc1ccccc1Cl)C(=O)c1ccc(C(=O)NC2CC2)cc1. The summed E-state index contributed by atoms with van der Waals surface area (Å²) in [5.74, 6) is -0.190. The van der Waals surface area contributed by atoms with Crippen LogP contribution < -0.4 is 5.32 Å². The molecule has 0 saturated heterocycles. The zero-order chi connectivity index (χ0) is 17.1. The van der Waals surface area contributed by atoms with E-state index in [1.807, 2.05) is 24.3 Å². The number of rotatable bonds is 5. The van der Waals surface area contributed by atoms with Gasteiger partial charge in [-0.3, -0.25) is 9.59 Å². The van der Waals surface area contributed by atoms with Crippen molar-refractivity contribution in [3.05, 3.63) is 70.2 Å². The van der Waals surface area contributed by atoms with Gasteiger partial charge in [-0.25, -0.2) is 0 Å². The van der Waals surface area contributed by atoms with Crippen LogP contribution in [0.15, 0.2) is 48.5 Å². The number of nitrogens with zero attached hydrogens (tertiary/aromatic N) is 1. The molecule has 1 aliphatic carbocycles. The Bertz CT molecular complexity index is 754. The van der Waals surface area contributed by atoms with Gasteiger partial charge in [0.2, 0.25) is 0 Å². The summed E-state index contributed by atoms with van der Waals surface area (Å²) in [6.07, 6.45) is 2.10. The van der Waals surface area contributed by atoms with E-state index in [4.69, 9.17) is 11.6 Å². The molecule has 0 radical (unpaired) electrons. The smallest absolute Gasteiger partial charge is 0.253 e. The van der Waals surface area contributed by atoms with E-state index in [1.54, 1.807) is 36.2 Å². The second kappa shape index (κ2) is 7.05. The monoisotopic (exact) mass is 342 g/mol. The molecular formula is C19H19ClN2O2. The predicted molar refractivity (Wildman–Crippen MR) is 94.2 cm³/mol. The number of benzene rings is 2. The van der Waals surface area contributed by atoms with Gasteiger partial charge < -0.3 is 10.2 Å². The van der Waals surface area contributed by atoms with Crippen molar-refractivity contribution in [3.8, 4) is 0 Å². The van der Waals surface area contributed by atoms with Crippen molar-refractivity contribution in [1.29, 1.82) is 0 Å². The summed E-state index contributed by atoms with van der Waals surface area (Å²) in [5.41, 5.74) is 2.02. The summed E-state index contributed by atoms with van der Waals surface area (Å²) < 4.78 is 0. The molecule has 5 heteroatoms. The van der Waals surface area contributed by atoms with Crippen molar-refractivity contribution < 1.29 is 9.59 Å². The minimum absolute atomic E-state index is 0.0825. The Labute approximate surface area is 146 Å². The minimum Gasteiger partial charge on any atom is -0.349 e. The van der Waals surface area contributed by atoms with E-state index in [0.717, 1.165) is 18.4 Å². The van der Waals surface area contributed by atoms with E-state index in [2.05, 4.69) is 5.32 Å². The third-order valence-electron chi connectivity index (χ3n) is 4.02. The van der Waals surface area contributed by atoms with Gasteiger partial charge in [-0.2, -0.15) is 0 Å². The van der Waals surface area contributed by atoms with Gasteiger partial charge in [-0.05, 0) is 48.7 Å². The lowest BCUT2D eigenvalue weighted by Gasteiger charge is -2.18. The van der Waals surface area contributed by atoms with Crippen molar-refractivity contribution in [2.45, 2.75) is 25.4 Å². The lowest BCUT2D eigenvalue weighted by atomic mass is 10.1. The van der Waals surface area contributed by atoms with Gasteiger partial charge >= 0.3 is 0 Å². The highest BCUT2D eigenvalue weighted by molar-refractivity contribution is 6.31. The highest BCUT2D eigenvalue weighted by Crippen LogP contribution is 2.20. The first kappa shape index (κ1) is 16.5. The van der Waals surface area contributed by atoms with Gasteiger partial charge in [-0.15, -0.1) is 0 Å². The van der Waals surface area contributed by atoms with Crippen LogP contribution in [-0.2, 0) is 6.54 Å². The average molecular weight is 343 g/mol. The standard InChI is InChI=1S/C19H19ClN2O2/c1-22(12-15-4-2-3-5-17(15)20)19(24)14-8-6-13(7-9-14)18(23)21-16-10-11-16/h2-9,16H,10-12H2,1H3,(H,21,23). The number of hydrogen-bond acceptors (Lipinski definition) is 2. The van der Waals surface area contributed by atoms with Gasteiger partial charge in [-0.1, -0.05) is 29.8 Å². The highest BCUT2D eigenvalue weighted by atomic mass is 35.5. The van der Waals surface area contributed by atoms with E-state index in [9.17, 15) is 9.59 Å². The normalized spacial score (nSPS) is 13.4. The molecule has 124 valence electrons. The zero-order valence-electron chi connectivity index (χ0n) is 13.5. The molecule has 0 spiro atoms. The second-order valence-electron chi connectivity index (χ2n) is 6.08. The molecule has 24 heavy (non-hydrogen) atoms. The predicted octanol–water partition coefficient (Wildman–Crippen LogP) is 3.50. The van der Waals surface area contributed by atoms with Crippen molar-refractivity contribution in [2.24, 2.45) is 0 Å². The molecule has 0 atom stereocenters. The molecule has 1 saturated carbocycles. The van der Waals surface area contributed by atoms with E-state index in [-0.39, 0.29) is 11.8 Å². The van der Waals surface area contributed by atoms with Crippen LogP contribution in [0.4, 0.5) is 0 Å². The Balaban J connectivity index is 1.65. The van der Waals surface area contributed by atoms with Gasteiger partial charge in [0.05, 0.1) is 0 Å². The van der Waals surface area contributed by atoms with Crippen molar-refractivity contribution in [2.75, 3.05) is 7.05 Å². The molecule has 2 amide bonds. The fourth-order valence-electron chi connectivity index (χ4n) is 2.43. The summed E-state index contributed by atoms with van der Waals surface area (Å²) in [6.45, 7) is 0.433. The van der Waals surface area contributed by atoms with E-state index < -0.39 is 0 Å². The molecule has 0 aliphatic heterocycles. The lowest BCUT2D eigenvalue weighted by molar-refractivity contribution is 0.0784. The third-order valence-corrected chi connectivity index (χ3v) is 4.39. The molecule has 1 aliphatic rings. The molecule has 3 rings (SSSR count). The Morgan fingerprint density at radius 3 is 2.33 bits per heavy atom. The average Bonchev–Trinajstić information content (AvgIpc) is 3.40. The maximum Gasteiger partial charge on any atom is 0.253 e. The molecule has 2 aromatic rings. The molecule has 0 unspecified atom stereocenters. The first-order chi connectivity index (χ1) is 11.5. The van der Waals surface area contributed by atoms with Crippen molar-refractivity contribution in [3.63, 3.8) is 0 Å². The number of nitrogens with one attached hydrogen (secondary N) is 1. The minimum atomic E-state index is -0.107. The summed E-state index contributed by atoms with van der Waals surface area (Å²) in [4.78, 5) is 26.1. The first-order valence-electron chi connectivity index (χ1n) is 7.94. The zero-order valence-corrected chi connectivity index (χ0v) is 14.2. The van der Waals surface area contributed by atoms with Crippen LogP contribution in [0.25, 0.3) is 0 Å². The summed E-state index contributed by atoms with van der Waals surface area (Å²) in [5, 5.41) is 3.57. The Hall–Kier alpha value is -2.33. The van der Waals surface area contributed by atoms with Crippen LogP contribution in [0.1, 0.15) is 39.1 Å². The van der Waals surface area contributed by atoms with Crippen molar-refractivity contribution >= 4 is 23.4 Å². The highest BCUT2D eigenvalue weighted by Gasteiger charge is 2.23. The van der Waals surface area contributed by atoms with Crippen LogP contribution in [0.5, 0.6) is 0 Å². The van der Waals surface area contributed by atoms with Crippen molar-refractivity contribution in [1.82, 2.24) is 10.2 Å². The largest absolute Gasteiger partial charge is 0.349 e. The number of amides is 2. The third kappa shape index (κ3) is 3.95. The van der Waals surface area contributed by atoms with Gasteiger partial charge in [0.15, 0.2) is 0 Å².